The zero-order valence-electron chi connectivity index (χ0n) is 9.87. The van der Waals surface area contributed by atoms with Crippen molar-refractivity contribution in [1.82, 2.24) is 0 Å². The third kappa shape index (κ3) is 4.29. The highest BCUT2D eigenvalue weighted by atomic mass is 32.1. The Labute approximate surface area is 99.5 Å². The predicted octanol–water partition coefficient (Wildman–Crippen LogP) is 4.59. The topological polar surface area (TPSA) is 0 Å². The van der Waals surface area contributed by atoms with E-state index in [0.717, 1.165) is 5.75 Å². The molecule has 15 heavy (non-hydrogen) atoms. The molecule has 1 heteroatoms. The Morgan fingerprint density at radius 1 is 1.13 bits per heavy atom. The van der Waals surface area contributed by atoms with Crippen LogP contribution in [0.25, 0.3) is 0 Å². The van der Waals surface area contributed by atoms with Gasteiger partial charge in [0.15, 0.2) is 0 Å². The summed E-state index contributed by atoms with van der Waals surface area (Å²) in [7, 11) is 0. The molecule has 0 aliphatic carbocycles. The first-order valence-corrected chi connectivity index (χ1v) is 6.58. The van der Waals surface area contributed by atoms with Crippen LogP contribution in [0.2, 0.25) is 0 Å². The summed E-state index contributed by atoms with van der Waals surface area (Å²) in [6.07, 6.45) is 5.25. The number of thiol groups is 1. The molecule has 0 aliphatic rings. The lowest BCUT2D eigenvalue weighted by Gasteiger charge is -2.14. The lowest BCUT2D eigenvalue weighted by Crippen LogP contribution is -2.00. The third-order valence-corrected chi connectivity index (χ3v) is 3.37. The molecule has 0 aliphatic heterocycles. The molecule has 0 nitrogen and oxygen atoms in total. The van der Waals surface area contributed by atoms with Crippen LogP contribution in [0.5, 0.6) is 0 Å². The summed E-state index contributed by atoms with van der Waals surface area (Å²) in [5.41, 5.74) is 2.79. The summed E-state index contributed by atoms with van der Waals surface area (Å²) in [5, 5.41) is 0. The summed E-state index contributed by atoms with van der Waals surface area (Å²) in [4.78, 5) is 0. The van der Waals surface area contributed by atoms with Crippen molar-refractivity contribution in [2.75, 3.05) is 5.75 Å². The minimum absolute atomic E-state index is 0.639. The molecule has 1 atom stereocenters. The van der Waals surface area contributed by atoms with E-state index in [9.17, 15) is 0 Å². The summed E-state index contributed by atoms with van der Waals surface area (Å²) in [6, 6.07) is 8.90. The summed E-state index contributed by atoms with van der Waals surface area (Å²) < 4.78 is 0. The molecule has 0 heterocycles. The Kier molecular flexibility index (Phi) is 5.85. The van der Waals surface area contributed by atoms with Gasteiger partial charge in [-0.15, -0.1) is 0 Å². The number of hydrogen-bond acceptors (Lipinski definition) is 1. The highest BCUT2D eigenvalue weighted by Gasteiger charge is 2.08. The van der Waals surface area contributed by atoms with E-state index in [2.05, 4.69) is 50.7 Å². The van der Waals surface area contributed by atoms with Gasteiger partial charge in [-0.2, -0.15) is 12.6 Å². The van der Waals surface area contributed by atoms with Crippen LogP contribution in [0.15, 0.2) is 24.3 Å². The van der Waals surface area contributed by atoms with E-state index in [4.69, 9.17) is 0 Å². The van der Waals surface area contributed by atoms with E-state index < -0.39 is 0 Å². The summed E-state index contributed by atoms with van der Waals surface area (Å²) >= 11 is 4.46. The van der Waals surface area contributed by atoms with Crippen molar-refractivity contribution in [3.63, 3.8) is 0 Å². The van der Waals surface area contributed by atoms with E-state index in [1.807, 2.05) is 0 Å². The van der Waals surface area contributed by atoms with Gasteiger partial charge < -0.3 is 0 Å². The highest BCUT2D eigenvalue weighted by molar-refractivity contribution is 7.80. The average Bonchev–Trinajstić information content (AvgIpc) is 2.26. The van der Waals surface area contributed by atoms with E-state index in [0.29, 0.717) is 5.92 Å². The molecular weight excluding hydrogens is 200 g/mol. The van der Waals surface area contributed by atoms with Crippen LogP contribution in [0.1, 0.15) is 49.7 Å². The molecule has 0 saturated heterocycles. The lowest BCUT2D eigenvalue weighted by atomic mass is 9.94. The van der Waals surface area contributed by atoms with Crippen molar-refractivity contribution in [3.8, 4) is 0 Å². The minimum Gasteiger partial charge on any atom is -0.179 e. The maximum Gasteiger partial charge on any atom is -0.00289 e. The molecule has 1 aromatic rings. The molecule has 0 fully saturated rings. The van der Waals surface area contributed by atoms with E-state index in [-0.39, 0.29) is 0 Å². The van der Waals surface area contributed by atoms with Gasteiger partial charge in [0.05, 0.1) is 0 Å². The molecule has 0 aromatic heterocycles. The van der Waals surface area contributed by atoms with E-state index in [1.165, 1.54) is 36.8 Å². The standard InChI is InChI=1S/C14H22S/c1-3-4-5-6-14(11-15)13-9-7-12(2)8-10-13/h7-10,14-15H,3-6,11H2,1-2H3. The van der Waals surface area contributed by atoms with Gasteiger partial charge in [0.1, 0.15) is 0 Å². The second kappa shape index (κ2) is 6.95. The van der Waals surface area contributed by atoms with Crippen LogP contribution in [0, 0.1) is 6.92 Å². The number of aryl methyl sites for hydroxylation is 1. The maximum atomic E-state index is 4.46. The maximum absolute atomic E-state index is 4.46. The van der Waals surface area contributed by atoms with Crippen LogP contribution in [0.4, 0.5) is 0 Å². The number of benzene rings is 1. The van der Waals surface area contributed by atoms with Gasteiger partial charge in [0, 0.05) is 0 Å². The second-order valence-corrected chi connectivity index (χ2v) is 4.65. The Balaban J connectivity index is 2.53. The van der Waals surface area contributed by atoms with E-state index in [1.54, 1.807) is 0 Å². The zero-order valence-corrected chi connectivity index (χ0v) is 10.8. The number of hydrogen-bond donors (Lipinski definition) is 1. The molecule has 1 aromatic carbocycles. The SMILES string of the molecule is CCCCCC(CS)c1ccc(C)cc1. The molecule has 0 N–H and O–H groups in total. The first-order valence-electron chi connectivity index (χ1n) is 5.95. The van der Waals surface area contributed by atoms with Gasteiger partial charge in [0.2, 0.25) is 0 Å². The van der Waals surface area contributed by atoms with Crippen molar-refractivity contribution in [2.24, 2.45) is 0 Å². The van der Waals surface area contributed by atoms with Crippen molar-refractivity contribution in [1.29, 1.82) is 0 Å². The number of unbranched alkanes of at least 4 members (excludes halogenated alkanes) is 2. The average molecular weight is 222 g/mol. The Morgan fingerprint density at radius 2 is 1.80 bits per heavy atom. The quantitative estimate of drug-likeness (QED) is 0.528. The zero-order chi connectivity index (χ0) is 11.1. The smallest absolute Gasteiger partial charge is 0.00289 e. The van der Waals surface area contributed by atoms with E-state index >= 15 is 0 Å². The minimum atomic E-state index is 0.639. The molecule has 84 valence electrons. The lowest BCUT2D eigenvalue weighted by molar-refractivity contribution is 0.604. The third-order valence-electron chi connectivity index (χ3n) is 2.93. The first kappa shape index (κ1) is 12.6. The molecular formula is C14H22S. The fourth-order valence-corrected chi connectivity index (χ4v) is 2.24. The molecule has 0 spiro atoms. The molecule has 0 saturated carbocycles. The predicted molar refractivity (Wildman–Crippen MR) is 71.9 cm³/mol. The van der Waals surface area contributed by atoms with Gasteiger partial charge in [0.25, 0.3) is 0 Å². The number of rotatable bonds is 6. The van der Waals surface area contributed by atoms with Crippen molar-refractivity contribution in [2.45, 2.75) is 45.4 Å². The van der Waals surface area contributed by atoms with Gasteiger partial charge in [-0.05, 0) is 30.6 Å². The van der Waals surface area contributed by atoms with Crippen LogP contribution in [-0.4, -0.2) is 5.75 Å². The van der Waals surface area contributed by atoms with Crippen LogP contribution in [-0.2, 0) is 0 Å². The largest absolute Gasteiger partial charge is 0.179 e. The Morgan fingerprint density at radius 3 is 2.33 bits per heavy atom. The summed E-state index contributed by atoms with van der Waals surface area (Å²) in [6.45, 7) is 4.39. The van der Waals surface area contributed by atoms with Crippen LogP contribution >= 0.6 is 12.6 Å². The van der Waals surface area contributed by atoms with Gasteiger partial charge in [-0.1, -0.05) is 56.0 Å². The normalized spacial score (nSPS) is 12.7. The summed E-state index contributed by atoms with van der Waals surface area (Å²) in [5.74, 6) is 1.60. The van der Waals surface area contributed by atoms with Crippen molar-refractivity contribution < 1.29 is 0 Å². The molecule has 0 bridgehead atoms. The monoisotopic (exact) mass is 222 g/mol. The Hall–Kier alpha value is -0.430. The van der Waals surface area contributed by atoms with Crippen LogP contribution < -0.4 is 0 Å². The van der Waals surface area contributed by atoms with Crippen LogP contribution in [0.3, 0.4) is 0 Å². The highest BCUT2D eigenvalue weighted by Crippen LogP contribution is 2.23. The fraction of sp³-hybridized carbons (Fsp3) is 0.571. The van der Waals surface area contributed by atoms with Crippen molar-refractivity contribution >= 4 is 12.6 Å². The molecule has 0 radical (unpaired) electrons. The van der Waals surface area contributed by atoms with Crippen molar-refractivity contribution in [3.05, 3.63) is 35.4 Å². The van der Waals surface area contributed by atoms with Gasteiger partial charge in [-0.3, -0.25) is 0 Å². The second-order valence-electron chi connectivity index (χ2n) is 4.29. The molecule has 1 unspecified atom stereocenters. The van der Waals surface area contributed by atoms with Gasteiger partial charge in [-0.25, -0.2) is 0 Å². The molecule has 0 amide bonds. The molecule has 1 rings (SSSR count). The Bertz CT molecular complexity index is 263. The fourth-order valence-electron chi connectivity index (χ4n) is 1.84. The van der Waals surface area contributed by atoms with Gasteiger partial charge >= 0.3 is 0 Å². The first-order chi connectivity index (χ1) is 7.27.